The molecule has 3 N–H and O–H groups in total. The monoisotopic (exact) mass is 481 g/mol. The number of carbonyl (C=O) groups is 3. The van der Waals surface area contributed by atoms with E-state index >= 15 is 0 Å². The van der Waals surface area contributed by atoms with Gasteiger partial charge in [0, 0.05) is 24.0 Å². The van der Waals surface area contributed by atoms with E-state index in [1.807, 2.05) is 0 Å². The summed E-state index contributed by atoms with van der Waals surface area (Å²) in [4.78, 5) is 39.6. The second-order valence-electron chi connectivity index (χ2n) is 10.9. The van der Waals surface area contributed by atoms with Crippen LogP contribution >= 0.6 is 0 Å². The minimum atomic E-state index is -0.666. The third-order valence-electron chi connectivity index (χ3n) is 8.60. The van der Waals surface area contributed by atoms with Gasteiger partial charge >= 0.3 is 0 Å². The summed E-state index contributed by atoms with van der Waals surface area (Å²) < 4.78 is 15.2. The summed E-state index contributed by atoms with van der Waals surface area (Å²) in [7, 11) is 1.67. The zero-order valence-electron chi connectivity index (χ0n) is 20.6. The van der Waals surface area contributed by atoms with Crippen LogP contribution in [0.15, 0.2) is 18.2 Å². The summed E-state index contributed by atoms with van der Waals surface area (Å²) in [5, 5.41) is 16.3. The fourth-order valence-electron chi connectivity index (χ4n) is 7.11. The van der Waals surface area contributed by atoms with Gasteiger partial charge in [-0.15, -0.1) is 0 Å². The molecule has 186 valence electrons. The summed E-state index contributed by atoms with van der Waals surface area (Å²) >= 11 is 0. The zero-order chi connectivity index (χ0) is 25.2. The normalized spacial score (nSPS) is 28.7. The lowest BCUT2D eigenvalue weighted by Crippen LogP contribution is -2.64. The van der Waals surface area contributed by atoms with Gasteiger partial charge < -0.3 is 20.3 Å². The van der Waals surface area contributed by atoms with Gasteiger partial charge in [0.05, 0.1) is 17.4 Å². The first-order valence-corrected chi connectivity index (χ1v) is 12.3. The first-order valence-electron chi connectivity index (χ1n) is 12.3. The molecule has 8 heteroatoms. The number of nitrogens with one attached hydrogen (secondary N) is 2. The average molecular weight is 482 g/mol. The molecule has 0 aliphatic heterocycles. The van der Waals surface area contributed by atoms with Crippen LogP contribution in [-0.4, -0.2) is 38.9 Å². The molecule has 1 aromatic carbocycles. The molecule has 2 amide bonds. The number of hydrogen-bond donors (Lipinski definition) is 3. The Morgan fingerprint density at radius 1 is 1.09 bits per heavy atom. The van der Waals surface area contributed by atoms with Gasteiger partial charge in [-0.1, -0.05) is 0 Å². The maximum absolute atomic E-state index is 13.6. The van der Waals surface area contributed by atoms with E-state index in [2.05, 4.69) is 10.6 Å². The summed E-state index contributed by atoms with van der Waals surface area (Å²) in [6.45, 7) is 5.01. The number of halogens is 1. The topological polar surface area (TPSA) is 100 Å². The highest BCUT2D eigenvalue weighted by atomic mass is 19.1. The quantitative estimate of drug-likeness (QED) is 0.449. The Balaban J connectivity index is 1.37. The van der Waals surface area contributed by atoms with Crippen LogP contribution in [0, 0.1) is 44.3 Å². The van der Waals surface area contributed by atoms with Gasteiger partial charge in [0.2, 0.25) is 0 Å². The van der Waals surface area contributed by atoms with Crippen molar-refractivity contribution in [1.82, 2.24) is 9.88 Å². The molecule has 1 aromatic heterocycles. The fraction of sp³-hybridized carbons (Fsp3) is 0.519. The molecule has 7 nitrogen and oxygen atoms in total. The summed E-state index contributed by atoms with van der Waals surface area (Å²) in [5.41, 5.74) is 1.93. The Bertz CT molecular complexity index is 1230. The van der Waals surface area contributed by atoms with Gasteiger partial charge in [-0.25, -0.2) is 4.39 Å². The Labute approximate surface area is 204 Å². The van der Waals surface area contributed by atoms with Gasteiger partial charge in [0.1, 0.15) is 5.82 Å². The van der Waals surface area contributed by atoms with Crippen LogP contribution in [0.4, 0.5) is 10.1 Å². The van der Waals surface area contributed by atoms with Gasteiger partial charge in [-0.3, -0.25) is 14.4 Å². The second kappa shape index (κ2) is 8.29. The highest BCUT2D eigenvalue weighted by molar-refractivity contribution is 6.43. The molecule has 2 aromatic rings. The Hall–Kier alpha value is -3.00. The molecule has 4 bridgehead atoms. The number of anilines is 1. The van der Waals surface area contributed by atoms with E-state index in [-0.39, 0.29) is 29.5 Å². The number of amides is 2. The van der Waals surface area contributed by atoms with Crippen molar-refractivity contribution in [2.75, 3.05) is 5.32 Å². The summed E-state index contributed by atoms with van der Waals surface area (Å²) in [6.07, 6.45) is 3.93. The molecule has 4 aliphatic rings. The Morgan fingerprint density at radius 2 is 1.74 bits per heavy atom. The molecule has 6 rings (SSSR count). The predicted octanol–water partition coefficient (Wildman–Crippen LogP) is 3.58. The van der Waals surface area contributed by atoms with Crippen LogP contribution in [0.2, 0.25) is 0 Å². The van der Waals surface area contributed by atoms with E-state index in [1.54, 1.807) is 38.5 Å². The third kappa shape index (κ3) is 3.88. The van der Waals surface area contributed by atoms with Crippen molar-refractivity contribution >= 4 is 23.3 Å². The molecule has 4 fully saturated rings. The fourth-order valence-corrected chi connectivity index (χ4v) is 7.11. The first-order chi connectivity index (χ1) is 16.5. The number of aromatic nitrogens is 1. The Kier molecular flexibility index (Phi) is 5.62. The van der Waals surface area contributed by atoms with Crippen LogP contribution in [0.25, 0.3) is 0 Å². The van der Waals surface area contributed by atoms with E-state index < -0.39 is 23.1 Å². The SMILES string of the molecule is Cc1cc(NC(=O)c2c(C)c(C(=O)C(=O)NC34C[C@H]5C[C@H](C3)[C@H](O)[C@@H](C5)C4)n(C)c2C)ccc1F. The van der Waals surface area contributed by atoms with Gasteiger partial charge in [-0.05, 0) is 100.0 Å². The van der Waals surface area contributed by atoms with E-state index in [1.165, 1.54) is 12.1 Å². The lowest BCUT2D eigenvalue weighted by atomic mass is 9.51. The molecule has 0 saturated heterocycles. The van der Waals surface area contributed by atoms with E-state index in [0.29, 0.717) is 46.8 Å². The van der Waals surface area contributed by atoms with Crippen molar-refractivity contribution in [3.8, 4) is 0 Å². The van der Waals surface area contributed by atoms with Crippen molar-refractivity contribution in [2.45, 2.75) is 64.5 Å². The highest BCUT2D eigenvalue weighted by Gasteiger charge is 2.56. The second-order valence-corrected chi connectivity index (χ2v) is 10.9. The van der Waals surface area contributed by atoms with Crippen molar-refractivity contribution in [2.24, 2.45) is 24.8 Å². The van der Waals surface area contributed by atoms with Crippen LogP contribution in [-0.2, 0) is 11.8 Å². The summed E-state index contributed by atoms with van der Waals surface area (Å²) in [6, 6.07) is 4.32. The van der Waals surface area contributed by atoms with Gasteiger partial charge in [0.15, 0.2) is 0 Å². The van der Waals surface area contributed by atoms with E-state index in [4.69, 9.17) is 0 Å². The molecule has 4 aliphatic carbocycles. The number of Topliss-reactive ketones (excluding diaryl/α,β-unsaturated/α-hetero) is 1. The number of hydrogen-bond acceptors (Lipinski definition) is 4. The molecule has 0 radical (unpaired) electrons. The number of aliphatic hydroxyl groups is 1. The number of aryl methyl sites for hydroxylation is 1. The predicted molar refractivity (Wildman–Crippen MR) is 129 cm³/mol. The standard InChI is InChI=1S/C27H32FN3O4/c1-13-7-19(5-6-20(13)28)29-25(34)21-14(2)22(31(4)15(21)3)24(33)26(35)30-27-10-16-8-17(11-27)23(32)18(9-16)12-27/h5-7,16-18,23,32H,8-12H2,1-4H3,(H,29,34)(H,30,35)/t16-,17+,18-,23-,27?. The number of carbonyl (C=O) groups excluding carboxylic acids is 3. The van der Waals surface area contributed by atoms with Crippen molar-refractivity contribution < 1.29 is 23.9 Å². The van der Waals surface area contributed by atoms with Gasteiger partial charge in [-0.2, -0.15) is 0 Å². The number of benzene rings is 1. The number of ketones is 1. The maximum atomic E-state index is 13.6. The van der Waals surface area contributed by atoms with Crippen molar-refractivity contribution in [1.29, 1.82) is 0 Å². The smallest absolute Gasteiger partial charge is 0.294 e. The van der Waals surface area contributed by atoms with Crippen LogP contribution in [0.5, 0.6) is 0 Å². The minimum absolute atomic E-state index is 0.182. The van der Waals surface area contributed by atoms with E-state index in [9.17, 15) is 23.9 Å². The lowest BCUT2D eigenvalue weighted by Gasteiger charge is -2.58. The first kappa shape index (κ1) is 23.7. The van der Waals surface area contributed by atoms with Gasteiger partial charge in [0.25, 0.3) is 17.6 Å². The maximum Gasteiger partial charge on any atom is 0.294 e. The van der Waals surface area contributed by atoms with Crippen LogP contribution in [0.1, 0.15) is 69.8 Å². The molecular formula is C27H32FN3O4. The molecular weight excluding hydrogens is 449 g/mol. The number of aliphatic hydroxyl groups excluding tert-OH is 1. The molecule has 0 spiro atoms. The zero-order valence-corrected chi connectivity index (χ0v) is 20.6. The number of nitrogens with zero attached hydrogens (tertiary/aromatic N) is 1. The largest absolute Gasteiger partial charge is 0.393 e. The van der Waals surface area contributed by atoms with Crippen LogP contribution < -0.4 is 10.6 Å². The minimum Gasteiger partial charge on any atom is -0.393 e. The van der Waals surface area contributed by atoms with Crippen molar-refractivity contribution in [3.63, 3.8) is 0 Å². The highest BCUT2D eigenvalue weighted by Crippen LogP contribution is 2.55. The summed E-state index contributed by atoms with van der Waals surface area (Å²) in [5.74, 6) is -1.26. The molecule has 1 heterocycles. The van der Waals surface area contributed by atoms with Crippen LogP contribution in [0.3, 0.4) is 0 Å². The molecule has 1 unspecified atom stereocenters. The molecule has 35 heavy (non-hydrogen) atoms. The van der Waals surface area contributed by atoms with Crippen molar-refractivity contribution in [3.05, 3.63) is 52.1 Å². The third-order valence-corrected chi connectivity index (χ3v) is 8.60. The molecule has 4 saturated carbocycles. The Morgan fingerprint density at radius 3 is 2.37 bits per heavy atom. The molecule has 5 atom stereocenters. The average Bonchev–Trinajstić information content (AvgIpc) is 3.01. The lowest BCUT2D eigenvalue weighted by molar-refractivity contribution is -0.133. The number of rotatable bonds is 5. The van der Waals surface area contributed by atoms with E-state index in [0.717, 1.165) is 19.3 Å².